The van der Waals surface area contributed by atoms with E-state index in [0.29, 0.717) is 5.75 Å². The van der Waals surface area contributed by atoms with Crippen molar-refractivity contribution in [2.24, 2.45) is 11.7 Å². The van der Waals surface area contributed by atoms with E-state index in [4.69, 9.17) is 15.6 Å². The third-order valence-electron chi connectivity index (χ3n) is 2.85. The zero-order valence-electron chi connectivity index (χ0n) is 10.4. The van der Waals surface area contributed by atoms with Gasteiger partial charge in [0.2, 0.25) is 0 Å². The molecule has 0 aliphatic rings. The Kier molecular flexibility index (Phi) is 4.52. The van der Waals surface area contributed by atoms with Crippen LogP contribution in [0.15, 0.2) is 18.2 Å². The normalized spacial score (nSPS) is 14.1. The number of carboxylic acid groups (broad SMARTS) is 1. The molecule has 0 fully saturated rings. The predicted molar refractivity (Wildman–Crippen MR) is 66.1 cm³/mol. The van der Waals surface area contributed by atoms with Gasteiger partial charge >= 0.3 is 5.97 Å². The largest absolute Gasteiger partial charge is 0.496 e. The first-order valence-corrected chi connectivity index (χ1v) is 5.57. The van der Waals surface area contributed by atoms with E-state index in [1.807, 2.05) is 32.0 Å². The van der Waals surface area contributed by atoms with E-state index in [2.05, 4.69) is 0 Å². The molecule has 2 atom stereocenters. The summed E-state index contributed by atoms with van der Waals surface area (Å²) in [5.41, 5.74) is 8.03. The molecule has 17 heavy (non-hydrogen) atoms. The number of hydrogen-bond acceptors (Lipinski definition) is 3. The summed E-state index contributed by atoms with van der Waals surface area (Å²) in [5, 5.41) is 8.77. The molecule has 0 amide bonds. The zero-order chi connectivity index (χ0) is 13.0. The summed E-state index contributed by atoms with van der Waals surface area (Å²) in [6.45, 7) is 3.80. The summed E-state index contributed by atoms with van der Waals surface area (Å²) >= 11 is 0. The Morgan fingerprint density at radius 1 is 1.53 bits per heavy atom. The van der Waals surface area contributed by atoms with E-state index in [0.717, 1.165) is 11.1 Å². The molecule has 0 aliphatic carbocycles. The van der Waals surface area contributed by atoms with Gasteiger partial charge in [-0.25, -0.2) is 0 Å². The van der Waals surface area contributed by atoms with Crippen LogP contribution in [-0.2, 0) is 4.79 Å². The van der Waals surface area contributed by atoms with E-state index in [1.165, 1.54) is 0 Å². The third kappa shape index (κ3) is 3.46. The van der Waals surface area contributed by atoms with Crippen LogP contribution in [0, 0.1) is 12.8 Å². The second-order valence-electron chi connectivity index (χ2n) is 4.35. The van der Waals surface area contributed by atoms with Crippen LogP contribution in [0.3, 0.4) is 0 Å². The molecule has 0 aromatic heterocycles. The second-order valence-corrected chi connectivity index (χ2v) is 4.35. The summed E-state index contributed by atoms with van der Waals surface area (Å²) in [6.07, 6.45) is 0.0538. The Bertz CT molecular complexity index is 404. The number of nitrogens with two attached hydrogens (primary N) is 1. The number of aryl methyl sites for hydroxylation is 1. The summed E-state index contributed by atoms with van der Waals surface area (Å²) in [4.78, 5) is 10.7. The lowest BCUT2D eigenvalue weighted by Gasteiger charge is -2.21. The average Bonchev–Trinajstić information content (AvgIpc) is 2.27. The Balaban J connectivity index is 2.97. The molecule has 2 unspecified atom stereocenters. The molecule has 0 spiro atoms. The number of rotatable bonds is 5. The van der Waals surface area contributed by atoms with Crippen molar-refractivity contribution < 1.29 is 14.6 Å². The molecular weight excluding hydrogens is 218 g/mol. The van der Waals surface area contributed by atoms with Gasteiger partial charge < -0.3 is 15.6 Å². The fourth-order valence-electron chi connectivity index (χ4n) is 1.82. The van der Waals surface area contributed by atoms with Gasteiger partial charge in [-0.3, -0.25) is 4.79 Å². The fourth-order valence-corrected chi connectivity index (χ4v) is 1.82. The zero-order valence-corrected chi connectivity index (χ0v) is 10.4. The molecule has 0 heterocycles. The lowest BCUT2D eigenvalue weighted by molar-refractivity contribution is -0.138. The van der Waals surface area contributed by atoms with Gasteiger partial charge in [-0.2, -0.15) is 0 Å². The number of ether oxygens (including phenoxy) is 1. The second kappa shape index (κ2) is 5.68. The van der Waals surface area contributed by atoms with Crippen molar-refractivity contribution in [1.29, 1.82) is 0 Å². The Morgan fingerprint density at radius 2 is 2.18 bits per heavy atom. The van der Waals surface area contributed by atoms with Gasteiger partial charge in [-0.05, 0) is 18.9 Å². The SMILES string of the molecule is COc1ccc(C)cc1C(N)C(C)CC(=O)O. The van der Waals surface area contributed by atoms with Gasteiger partial charge in [0.1, 0.15) is 5.75 Å². The topological polar surface area (TPSA) is 72.5 Å². The molecule has 0 saturated heterocycles. The monoisotopic (exact) mass is 237 g/mol. The lowest BCUT2D eigenvalue weighted by Crippen LogP contribution is -2.22. The highest BCUT2D eigenvalue weighted by Crippen LogP contribution is 2.30. The van der Waals surface area contributed by atoms with E-state index < -0.39 is 5.97 Å². The van der Waals surface area contributed by atoms with E-state index >= 15 is 0 Å². The van der Waals surface area contributed by atoms with Crippen molar-refractivity contribution in [3.63, 3.8) is 0 Å². The molecular formula is C13H19NO3. The number of methoxy groups -OCH3 is 1. The molecule has 3 N–H and O–H groups in total. The highest BCUT2D eigenvalue weighted by molar-refractivity contribution is 5.67. The van der Waals surface area contributed by atoms with Crippen molar-refractivity contribution in [2.75, 3.05) is 7.11 Å². The molecule has 0 aliphatic heterocycles. The first-order chi connectivity index (χ1) is 7.95. The molecule has 94 valence electrons. The van der Waals surface area contributed by atoms with Crippen LogP contribution in [0.5, 0.6) is 5.75 Å². The van der Waals surface area contributed by atoms with Crippen molar-refractivity contribution in [3.8, 4) is 5.75 Å². The predicted octanol–water partition coefficient (Wildman–Crippen LogP) is 2.11. The molecule has 4 nitrogen and oxygen atoms in total. The quantitative estimate of drug-likeness (QED) is 0.822. The maximum Gasteiger partial charge on any atom is 0.303 e. The third-order valence-corrected chi connectivity index (χ3v) is 2.85. The maximum absolute atomic E-state index is 10.7. The minimum atomic E-state index is -0.834. The smallest absolute Gasteiger partial charge is 0.303 e. The highest BCUT2D eigenvalue weighted by Gasteiger charge is 2.20. The van der Waals surface area contributed by atoms with Crippen molar-refractivity contribution in [1.82, 2.24) is 0 Å². The van der Waals surface area contributed by atoms with Crippen LogP contribution in [-0.4, -0.2) is 18.2 Å². The number of carboxylic acids is 1. The minimum absolute atomic E-state index is 0.0538. The molecule has 1 aromatic rings. The van der Waals surface area contributed by atoms with Crippen LogP contribution in [0.25, 0.3) is 0 Å². The Morgan fingerprint density at radius 3 is 2.71 bits per heavy atom. The fraction of sp³-hybridized carbons (Fsp3) is 0.462. The van der Waals surface area contributed by atoms with E-state index in [9.17, 15) is 4.79 Å². The summed E-state index contributed by atoms with van der Waals surface area (Å²) in [7, 11) is 1.59. The molecule has 4 heteroatoms. The number of benzene rings is 1. The van der Waals surface area contributed by atoms with Crippen LogP contribution in [0.2, 0.25) is 0 Å². The molecule has 0 saturated carbocycles. The lowest BCUT2D eigenvalue weighted by atomic mass is 9.91. The van der Waals surface area contributed by atoms with E-state index in [-0.39, 0.29) is 18.4 Å². The first-order valence-electron chi connectivity index (χ1n) is 5.57. The Hall–Kier alpha value is -1.55. The first kappa shape index (κ1) is 13.5. The van der Waals surface area contributed by atoms with Crippen LogP contribution < -0.4 is 10.5 Å². The van der Waals surface area contributed by atoms with Gasteiger partial charge in [-0.15, -0.1) is 0 Å². The average molecular weight is 237 g/mol. The van der Waals surface area contributed by atoms with Gasteiger partial charge in [-0.1, -0.05) is 24.6 Å². The van der Waals surface area contributed by atoms with Gasteiger partial charge in [0.25, 0.3) is 0 Å². The van der Waals surface area contributed by atoms with Gasteiger partial charge in [0, 0.05) is 18.0 Å². The maximum atomic E-state index is 10.7. The molecule has 0 radical (unpaired) electrons. The highest BCUT2D eigenvalue weighted by atomic mass is 16.5. The van der Waals surface area contributed by atoms with Gasteiger partial charge in [0.05, 0.1) is 7.11 Å². The Labute approximate surface area is 101 Å². The number of carbonyl (C=O) groups is 1. The van der Waals surface area contributed by atoms with Gasteiger partial charge in [0.15, 0.2) is 0 Å². The minimum Gasteiger partial charge on any atom is -0.496 e. The van der Waals surface area contributed by atoms with Crippen LogP contribution >= 0.6 is 0 Å². The summed E-state index contributed by atoms with van der Waals surface area (Å²) in [5.74, 6) is -0.261. The van der Waals surface area contributed by atoms with Crippen molar-refractivity contribution in [3.05, 3.63) is 29.3 Å². The molecule has 1 rings (SSSR count). The number of hydrogen-bond donors (Lipinski definition) is 2. The van der Waals surface area contributed by atoms with Crippen molar-refractivity contribution >= 4 is 5.97 Å². The summed E-state index contributed by atoms with van der Waals surface area (Å²) in [6, 6.07) is 5.41. The van der Waals surface area contributed by atoms with Crippen molar-refractivity contribution in [2.45, 2.75) is 26.3 Å². The number of aliphatic carboxylic acids is 1. The van der Waals surface area contributed by atoms with E-state index in [1.54, 1.807) is 7.11 Å². The standard InChI is InChI=1S/C13H19NO3/c1-8-4-5-11(17-3)10(6-8)13(14)9(2)7-12(15)16/h4-6,9,13H,7,14H2,1-3H3,(H,15,16). The summed E-state index contributed by atoms with van der Waals surface area (Å²) < 4.78 is 5.25. The van der Waals surface area contributed by atoms with Crippen LogP contribution in [0.1, 0.15) is 30.5 Å². The molecule has 1 aromatic carbocycles. The molecule has 0 bridgehead atoms. The van der Waals surface area contributed by atoms with Crippen LogP contribution in [0.4, 0.5) is 0 Å².